The largest absolute Gasteiger partial charge is 0.348 e. The number of likely N-dealkylation sites (tertiary alicyclic amines) is 1. The lowest BCUT2D eigenvalue weighted by atomic mass is 9.86. The first-order valence-electron chi connectivity index (χ1n) is 10.5. The molecular weight excluding hydrogens is 399 g/mol. The van der Waals surface area contributed by atoms with Crippen molar-refractivity contribution < 1.29 is 14.0 Å². The predicted molar refractivity (Wildman–Crippen MR) is 115 cm³/mol. The van der Waals surface area contributed by atoms with Crippen LogP contribution in [0, 0.1) is 11.2 Å². The lowest BCUT2D eigenvalue weighted by Gasteiger charge is -2.33. The highest BCUT2D eigenvalue weighted by molar-refractivity contribution is 5.90. The van der Waals surface area contributed by atoms with Gasteiger partial charge < -0.3 is 16.0 Å². The molecular formula is C22H31FN6O2. The van der Waals surface area contributed by atoms with Gasteiger partial charge >= 0.3 is 0 Å². The van der Waals surface area contributed by atoms with Gasteiger partial charge in [0.15, 0.2) is 5.82 Å². The summed E-state index contributed by atoms with van der Waals surface area (Å²) >= 11 is 0. The van der Waals surface area contributed by atoms with Crippen molar-refractivity contribution in [2.75, 3.05) is 6.54 Å². The van der Waals surface area contributed by atoms with Gasteiger partial charge in [-0.05, 0) is 36.8 Å². The summed E-state index contributed by atoms with van der Waals surface area (Å²) in [5, 5.41) is 6.86. The average Bonchev–Trinajstić information content (AvgIpc) is 3.33. The van der Waals surface area contributed by atoms with Gasteiger partial charge in [0.1, 0.15) is 11.7 Å². The first kappa shape index (κ1) is 22.9. The van der Waals surface area contributed by atoms with Crippen LogP contribution in [0.3, 0.4) is 0 Å². The average molecular weight is 431 g/mol. The van der Waals surface area contributed by atoms with Crippen LogP contribution >= 0.6 is 0 Å². The van der Waals surface area contributed by atoms with Crippen molar-refractivity contribution in [2.24, 2.45) is 18.2 Å². The third-order valence-corrected chi connectivity index (χ3v) is 5.82. The predicted octanol–water partition coefficient (Wildman–Crippen LogP) is 2.16. The number of carbonyl (C=O) groups excluding carboxylic acids is 2. The van der Waals surface area contributed by atoms with E-state index in [-0.39, 0.29) is 23.3 Å². The van der Waals surface area contributed by atoms with Crippen LogP contribution in [0.1, 0.15) is 52.1 Å². The number of nitrogens with two attached hydrogens (primary N) is 1. The summed E-state index contributed by atoms with van der Waals surface area (Å²) in [4.78, 5) is 31.7. The second kappa shape index (κ2) is 8.74. The lowest BCUT2D eigenvalue weighted by molar-refractivity contribution is -0.141. The maximum Gasteiger partial charge on any atom is 0.243 e. The fourth-order valence-corrected chi connectivity index (χ4v) is 3.75. The van der Waals surface area contributed by atoms with Gasteiger partial charge in [-0.1, -0.05) is 26.8 Å². The Labute approximate surface area is 182 Å². The van der Waals surface area contributed by atoms with Crippen molar-refractivity contribution in [2.45, 2.75) is 58.7 Å². The number of nitrogens with zero attached hydrogens (tertiary/aromatic N) is 4. The normalized spacial score (nSPS) is 18.7. The van der Waals surface area contributed by atoms with Gasteiger partial charge in [0, 0.05) is 19.8 Å². The lowest BCUT2D eigenvalue weighted by Crippen LogP contribution is -2.55. The molecule has 9 heteroatoms. The smallest absolute Gasteiger partial charge is 0.243 e. The molecule has 0 aliphatic carbocycles. The number of aryl methyl sites for hydroxylation is 1. The van der Waals surface area contributed by atoms with Crippen molar-refractivity contribution in [3.63, 3.8) is 0 Å². The zero-order valence-electron chi connectivity index (χ0n) is 18.7. The third kappa shape index (κ3) is 4.76. The van der Waals surface area contributed by atoms with Crippen LogP contribution in [-0.2, 0) is 16.6 Å². The molecule has 8 nitrogen and oxygen atoms in total. The molecule has 0 spiro atoms. The third-order valence-electron chi connectivity index (χ3n) is 5.82. The highest BCUT2D eigenvalue weighted by atomic mass is 19.1. The molecule has 3 heterocycles. The maximum absolute atomic E-state index is 13.9. The second-order valence-electron chi connectivity index (χ2n) is 9.21. The Balaban J connectivity index is 1.68. The summed E-state index contributed by atoms with van der Waals surface area (Å²) < 4.78 is 15.3. The molecule has 168 valence electrons. The van der Waals surface area contributed by atoms with E-state index in [1.54, 1.807) is 30.3 Å². The molecule has 2 amide bonds. The standard InChI is InChI=1S/C22H31FN6O2/c1-13(14-8-9-16(25-11-14)18-15(23)12-26-28(18)5)27-20(30)17-7-6-10-29(17)21(31)19(24)22(2,3)4/h8-9,11-13,17,19H,6-7,10,24H2,1-5H3,(H,27,30). The van der Waals surface area contributed by atoms with Crippen molar-refractivity contribution >= 4 is 11.8 Å². The Hall–Kier alpha value is -2.81. The number of hydrogen-bond acceptors (Lipinski definition) is 5. The molecule has 2 aromatic rings. The number of carbonyl (C=O) groups is 2. The van der Waals surface area contributed by atoms with E-state index < -0.39 is 17.9 Å². The molecule has 3 N–H and O–H groups in total. The Bertz CT molecular complexity index is 930. The number of pyridine rings is 1. The molecule has 1 fully saturated rings. The van der Waals surface area contributed by atoms with E-state index in [0.29, 0.717) is 24.4 Å². The van der Waals surface area contributed by atoms with E-state index in [9.17, 15) is 14.0 Å². The number of hydrogen-bond donors (Lipinski definition) is 2. The van der Waals surface area contributed by atoms with Gasteiger partial charge in [-0.2, -0.15) is 5.10 Å². The summed E-state index contributed by atoms with van der Waals surface area (Å²) in [5.74, 6) is -0.841. The van der Waals surface area contributed by atoms with Gasteiger partial charge in [0.2, 0.25) is 11.8 Å². The van der Waals surface area contributed by atoms with E-state index in [2.05, 4.69) is 15.4 Å². The molecule has 0 aromatic carbocycles. The SMILES string of the molecule is CC(NC(=O)C1CCCN1C(=O)C(N)C(C)(C)C)c1ccc(-c2c(F)cnn2C)nc1. The van der Waals surface area contributed by atoms with E-state index in [0.717, 1.165) is 18.2 Å². The molecule has 1 aliphatic heterocycles. The zero-order valence-corrected chi connectivity index (χ0v) is 18.7. The van der Waals surface area contributed by atoms with E-state index in [4.69, 9.17) is 5.73 Å². The molecule has 31 heavy (non-hydrogen) atoms. The van der Waals surface area contributed by atoms with Crippen LogP contribution in [0.15, 0.2) is 24.5 Å². The molecule has 0 radical (unpaired) electrons. The van der Waals surface area contributed by atoms with E-state index >= 15 is 0 Å². The molecule has 3 atom stereocenters. The van der Waals surface area contributed by atoms with Gasteiger partial charge in [-0.25, -0.2) is 4.39 Å². The Morgan fingerprint density at radius 1 is 1.29 bits per heavy atom. The van der Waals surface area contributed by atoms with Gasteiger partial charge in [0.25, 0.3) is 0 Å². The van der Waals surface area contributed by atoms with Crippen molar-refractivity contribution in [3.05, 3.63) is 35.9 Å². The topological polar surface area (TPSA) is 106 Å². The quantitative estimate of drug-likeness (QED) is 0.756. The number of nitrogens with one attached hydrogen (secondary N) is 1. The van der Waals surface area contributed by atoms with Gasteiger partial charge in [0.05, 0.1) is 24.0 Å². The Kier molecular flexibility index (Phi) is 6.45. The molecule has 3 rings (SSSR count). The van der Waals surface area contributed by atoms with E-state index in [1.807, 2.05) is 27.7 Å². The number of amides is 2. The van der Waals surface area contributed by atoms with Crippen molar-refractivity contribution in [3.8, 4) is 11.4 Å². The number of halogens is 1. The molecule has 0 saturated carbocycles. The highest BCUT2D eigenvalue weighted by Crippen LogP contribution is 2.26. The van der Waals surface area contributed by atoms with E-state index in [1.165, 1.54) is 4.68 Å². The fourth-order valence-electron chi connectivity index (χ4n) is 3.75. The zero-order chi connectivity index (χ0) is 22.9. The maximum atomic E-state index is 13.9. The monoisotopic (exact) mass is 430 g/mol. The second-order valence-corrected chi connectivity index (χ2v) is 9.21. The van der Waals surface area contributed by atoms with Crippen LogP contribution in [-0.4, -0.2) is 50.1 Å². The Morgan fingerprint density at radius 2 is 2.00 bits per heavy atom. The molecule has 2 aromatic heterocycles. The molecule has 1 aliphatic rings. The van der Waals surface area contributed by atoms with Crippen LogP contribution in [0.2, 0.25) is 0 Å². The minimum Gasteiger partial charge on any atom is -0.348 e. The summed E-state index contributed by atoms with van der Waals surface area (Å²) in [6.07, 6.45) is 4.13. The van der Waals surface area contributed by atoms with Crippen LogP contribution in [0.4, 0.5) is 4.39 Å². The minimum atomic E-state index is -0.664. The highest BCUT2D eigenvalue weighted by Gasteiger charge is 2.39. The van der Waals surface area contributed by atoms with Crippen molar-refractivity contribution in [1.82, 2.24) is 25.0 Å². The summed E-state index contributed by atoms with van der Waals surface area (Å²) in [7, 11) is 1.65. The first-order valence-corrected chi connectivity index (χ1v) is 10.5. The van der Waals surface area contributed by atoms with Gasteiger partial charge in [-0.3, -0.25) is 19.3 Å². The molecule has 3 unspecified atom stereocenters. The van der Waals surface area contributed by atoms with Gasteiger partial charge in [-0.15, -0.1) is 0 Å². The van der Waals surface area contributed by atoms with Crippen LogP contribution < -0.4 is 11.1 Å². The summed E-state index contributed by atoms with van der Waals surface area (Å²) in [6.45, 7) is 8.12. The molecule has 1 saturated heterocycles. The first-order chi connectivity index (χ1) is 14.5. The molecule has 0 bridgehead atoms. The fraction of sp³-hybridized carbons (Fsp3) is 0.545. The Morgan fingerprint density at radius 3 is 2.55 bits per heavy atom. The number of rotatable bonds is 5. The van der Waals surface area contributed by atoms with Crippen LogP contribution in [0.5, 0.6) is 0 Å². The minimum absolute atomic E-state index is 0.193. The summed E-state index contributed by atoms with van der Waals surface area (Å²) in [6, 6.07) is 1.99. The van der Waals surface area contributed by atoms with Crippen LogP contribution in [0.25, 0.3) is 11.4 Å². The summed E-state index contributed by atoms with van der Waals surface area (Å²) in [5.41, 5.74) is 7.31. The van der Waals surface area contributed by atoms with Crippen molar-refractivity contribution in [1.29, 1.82) is 0 Å². The number of aromatic nitrogens is 3.